The van der Waals surface area contributed by atoms with Gasteiger partial charge in [0.25, 0.3) is 0 Å². The standard InChI is InChI=1S/C12H19N3O2S/c1-9-5-10(14-17-9)7-15(2)12(16)6-11-8-18-4-3-13-11/h5,11,13H,3-4,6-8H2,1-2H3. The van der Waals surface area contributed by atoms with Crippen LogP contribution in [0.3, 0.4) is 0 Å². The molecular weight excluding hydrogens is 250 g/mol. The first-order chi connectivity index (χ1) is 8.65. The summed E-state index contributed by atoms with van der Waals surface area (Å²) in [5.41, 5.74) is 0.800. The molecule has 6 heteroatoms. The van der Waals surface area contributed by atoms with Crippen LogP contribution in [0.5, 0.6) is 0 Å². The Kier molecular flexibility index (Phi) is 4.66. The molecule has 0 spiro atoms. The van der Waals surface area contributed by atoms with Crippen LogP contribution in [-0.4, -0.2) is 47.1 Å². The predicted octanol–water partition coefficient (Wildman–Crippen LogP) is 1.04. The summed E-state index contributed by atoms with van der Waals surface area (Å²) in [5, 5.41) is 7.27. The van der Waals surface area contributed by atoms with Crippen LogP contribution in [0.25, 0.3) is 0 Å². The monoisotopic (exact) mass is 269 g/mol. The lowest BCUT2D eigenvalue weighted by atomic mass is 10.2. The summed E-state index contributed by atoms with van der Waals surface area (Å²) < 4.78 is 4.99. The highest BCUT2D eigenvalue weighted by Gasteiger charge is 2.19. The van der Waals surface area contributed by atoms with E-state index in [1.54, 1.807) is 4.90 Å². The van der Waals surface area contributed by atoms with Gasteiger partial charge in [0.15, 0.2) is 0 Å². The summed E-state index contributed by atoms with van der Waals surface area (Å²) >= 11 is 1.90. The van der Waals surface area contributed by atoms with E-state index in [0.29, 0.717) is 19.0 Å². The second kappa shape index (κ2) is 6.24. The third-order valence-corrected chi connectivity index (χ3v) is 4.05. The van der Waals surface area contributed by atoms with Crippen LogP contribution in [0.2, 0.25) is 0 Å². The van der Waals surface area contributed by atoms with Gasteiger partial charge in [-0.2, -0.15) is 11.8 Å². The zero-order chi connectivity index (χ0) is 13.0. The summed E-state index contributed by atoms with van der Waals surface area (Å²) in [6, 6.07) is 2.16. The maximum absolute atomic E-state index is 12.0. The van der Waals surface area contributed by atoms with E-state index in [2.05, 4.69) is 10.5 Å². The van der Waals surface area contributed by atoms with Crippen molar-refractivity contribution in [3.05, 3.63) is 17.5 Å². The van der Waals surface area contributed by atoms with Crippen LogP contribution in [0.15, 0.2) is 10.6 Å². The lowest BCUT2D eigenvalue weighted by Crippen LogP contribution is -2.41. The zero-order valence-corrected chi connectivity index (χ0v) is 11.6. The highest BCUT2D eigenvalue weighted by atomic mass is 32.2. The number of hydrogen-bond donors (Lipinski definition) is 1. The highest BCUT2D eigenvalue weighted by Crippen LogP contribution is 2.12. The number of rotatable bonds is 4. The summed E-state index contributed by atoms with van der Waals surface area (Å²) in [4.78, 5) is 13.7. The van der Waals surface area contributed by atoms with Crippen LogP contribution in [-0.2, 0) is 11.3 Å². The SMILES string of the molecule is Cc1cc(CN(C)C(=O)CC2CSCCN2)no1. The Hall–Kier alpha value is -1.01. The van der Waals surface area contributed by atoms with Gasteiger partial charge in [0.05, 0.1) is 6.54 Å². The molecule has 2 rings (SSSR count). The molecule has 5 nitrogen and oxygen atoms in total. The number of amides is 1. The average molecular weight is 269 g/mol. The highest BCUT2D eigenvalue weighted by molar-refractivity contribution is 7.99. The fourth-order valence-electron chi connectivity index (χ4n) is 1.94. The van der Waals surface area contributed by atoms with E-state index < -0.39 is 0 Å². The molecule has 1 aliphatic heterocycles. The van der Waals surface area contributed by atoms with Gasteiger partial charge in [0.1, 0.15) is 11.5 Å². The van der Waals surface area contributed by atoms with Crippen molar-refractivity contribution in [3.8, 4) is 0 Å². The lowest BCUT2D eigenvalue weighted by molar-refractivity contribution is -0.130. The summed E-state index contributed by atoms with van der Waals surface area (Å²) in [7, 11) is 1.81. The first-order valence-electron chi connectivity index (χ1n) is 6.12. The predicted molar refractivity (Wildman–Crippen MR) is 71.4 cm³/mol. The second-order valence-corrected chi connectivity index (χ2v) is 5.76. The van der Waals surface area contributed by atoms with Gasteiger partial charge in [-0.1, -0.05) is 5.16 Å². The van der Waals surface area contributed by atoms with E-state index in [9.17, 15) is 4.79 Å². The van der Waals surface area contributed by atoms with E-state index >= 15 is 0 Å². The van der Waals surface area contributed by atoms with Crippen molar-refractivity contribution in [3.63, 3.8) is 0 Å². The molecule has 0 aromatic carbocycles. The average Bonchev–Trinajstić information content (AvgIpc) is 2.76. The number of carbonyl (C=O) groups is 1. The molecule has 1 saturated heterocycles. The molecule has 1 aromatic heterocycles. The molecule has 2 heterocycles. The van der Waals surface area contributed by atoms with Crippen LogP contribution in [0.4, 0.5) is 0 Å². The van der Waals surface area contributed by atoms with Crippen LogP contribution < -0.4 is 5.32 Å². The van der Waals surface area contributed by atoms with Gasteiger partial charge >= 0.3 is 0 Å². The molecule has 1 N–H and O–H groups in total. The molecule has 1 aromatic rings. The molecule has 0 bridgehead atoms. The molecular formula is C12H19N3O2S. The van der Waals surface area contributed by atoms with Crippen molar-refractivity contribution >= 4 is 17.7 Å². The Morgan fingerprint density at radius 2 is 2.56 bits per heavy atom. The van der Waals surface area contributed by atoms with Crippen molar-refractivity contribution in [2.75, 3.05) is 25.1 Å². The molecule has 100 valence electrons. The molecule has 0 aliphatic carbocycles. The minimum Gasteiger partial charge on any atom is -0.361 e. The number of thioether (sulfide) groups is 1. The first-order valence-corrected chi connectivity index (χ1v) is 7.28. The number of nitrogens with zero attached hydrogens (tertiary/aromatic N) is 2. The third-order valence-electron chi connectivity index (χ3n) is 2.92. The van der Waals surface area contributed by atoms with Crippen molar-refractivity contribution < 1.29 is 9.32 Å². The minimum absolute atomic E-state index is 0.149. The first kappa shape index (κ1) is 13.4. The number of aryl methyl sites for hydroxylation is 1. The number of nitrogens with one attached hydrogen (secondary N) is 1. The Labute approximate surface area is 111 Å². The Morgan fingerprint density at radius 3 is 3.17 bits per heavy atom. The fraction of sp³-hybridized carbons (Fsp3) is 0.667. The molecule has 0 saturated carbocycles. The Morgan fingerprint density at radius 1 is 1.72 bits per heavy atom. The molecule has 1 atom stereocenters. The summed E-state index contributed by atoms with van der Waals surface area (Å²) in [6.07, 6.45) is 0.556. The normalized spacial score (nSPS) is 19.8. The molecule has 0 radical (unpaired) electrons. The van der Waals surface area contributed by atoms with Gasteiger partial charge in [0.2, 0.25) is 5.91 Å². The van der Waals surface area contributed by atoms with Crippen LogP contribution in [0, 0.1) is 6.92 Å². The summed E-state index contributed by atoms with van der Waals surface area (Å²) in [5.74, 6) is 3.08. The van der Waals surface area contributed by atoms with Crippen molar-refractivity contribution in [2.24, 2.45) is 0 Å². The van der Waals surface area contributed by atoms with E-state index in [4.69, 9.17) is 4.52 Å². The molecule has 1 unspecified atom stereocenters. The van der Waals surface area contributed by atoms with E-state index in [0.717, 1.165) is 29.5 Å². The van der Waals surface area contributed by atoms with Gasteiger partial charge in [0, 0.05) is 43.6 Å². The second-order valence-electron chi connectivity index (χ2n) is 4.61. The Bertz CT molecular complexity index is 402. The van der Waals surface area contributed by atoms with E-state index in [1.165, 1.54) is 0 Å². The maximum Gasteiger partial charge on any atom is 0.224 e. The minimum atomic E-state index is 0.149. The topological polar surface area (TPSA) is 58.4 Å². The fourth-order valence-corrected chi connectivity index (χ4v) is 2.89. The maximum atomic E-state index is 12.0. The van der Waals surface area contributed by atoms with Crippen molar-refractivity contribution in [1.29, 1.82) is 0 Å². The van der Waals surface area contributed by atoms with Gasteiger partial charge < -0.3 is 14.7 Å². The van der Waals surface area contributed by atoms with Gasteiger partial charge in [-0.25, -0.2) is 0 Å². The smallest absolute Gasteiger partial charge is 0.224 e. The molecule has 18 heavy (non-hydrogen) atoms. The quantitative estimate of drug-likeness (QED) is 0.885. The lowest BCUT2D eigenvalue weighted by Gasteiger charge is -2.24. The Balaban J connectivity index is 1.80. The van der Waals surface area contributed by atoms with Crippen LogP contribution >= 0.6 is 11.8 Å². The van der Waals surface area contributed by atoms with Gasteiger partial charge in [-0.3, -0.25) is 4.79 Å². The molecule has 1 fully saturated rings. The summed E-state index contributed by atoms with van der Waals surface area (Å²) in [6.45, 7) is 3.35. The van der Waals surface area contributed by atoms with Gasteiger partial charge in [-0.15, -0.1) is 0 Å². The number of aromatic nitrogens is 1. The van der Waals surface area contributed by atoms with Crippen LogP contribution in [0.1, 0.15) is 17.9 Å². The molecule has 1 amide bonds. The zero-order valence-electron chi connectivity index (χ0n) is 10.8. The van der Waals surface area contributed by atoms with Gasteiger partial charge in [-0.05, 0) is 6.92 Å². The largest absolute Gasteiger partial charge is 0.361 e. The third kappa shape index (κ3) is 3.74. The molecule has 1 aliphatic rings. The van der Waals surface area contributed by atoms with E-state index in [-0.39, 0.29) is 5.91 Å². The van der Waals surface area contributed by atoms with E-state index in [1.807, 2.05) is 31.8 Å². The number of hydrogen-bond acceptors (Lipinski definition) is 5. The number of carbonyl (C=O) groups excluding carboxylic acids is 1. The van der Waals surface area contributed by atoms with Crippen molar-refractivity contribution in [2.45, 2.75) is 25.9 Å². The van der Waals surface area contributed by atoms with Crippen molar-refractivity contribution in [1.82, 2.24) is 15.4 Å².